The molecule has 60 valence electrons. The first-order valence-corrected chi connectivity index (χ1v) is 4.43. The molecular weight excluding hydrogens is 204 g/mol. The van der Waals surface area contributed by atoms with Gasteiger partial charge in [0.2, 0.25) is 0 Å². The maximum atomic E-state index is 4.21. The second-order valence-electron chi connectivity index (χ2n) is 2.25. The zero-order valence-electron chi connectivity index (χ0n) is 6.47. The number of hydrogen-bond acceptors (Lipinski definition) is 2. The lowest BCUT2D eigenvalue weighted by atomic mass is 10.3. The Labute approximate surface area is 75.2 Å². The smallest absolute Gasteiger partial charge is 0.0542 e. The van der Waals surface area contributed by atoms with E-state index in [0.717, 1.165) is 23.3 Å². The lowest BCUT2D eigenvalue weighted by Gasteiger charge is -1.99. The highest BCUT2D eigenvalue weighted by Crippen LogP contribution is 2.06. The SMILES string of the molecule is CCNCc1ccc(Br)cn1. The molecule has 2 nitrogen and oxygen atoms in total. The van der Waals surface area contributed by atoms with Gasteiger partial charge in [0, 0.05) is 17.2 Å². The number of rotatable bonds is 3. The molecule has 1 rings (SSSR count). The highest BCUT2D eigenvalue weighted by molar-refractivity contribution is 9.10. The lowest BCUT2D eigenvalue weighted by molar-refractivity contribution is 0.710. The van der Waals surface area contributed by atoms with Gasteiger partial charge >= 0.3 is 0 Å². The molecule has 3 heteroatoms. The van der Waals surface area contributed by atoms with Crippen LogP contribution in [-0.2, 0) is 6.54 Å². The summed E-state index contributed by atoms with van der Waals surface area (Å²) in [6, 6.07) is 4.01. The van der Waals surface area contributed by atoms with E-state index in [1.807, 2.05) is 18.3 Å². The molecule has 0 unspecified atom stereocenters. The fourth-order valence-electron chi connectivity index (χ4n) is 0.764. The van der Waals surface area contributed by atoms with Gasteiger partial charge in [0.25, 0.3) is 0 Å². The van der Waals surface area contributed by atoms with Crippen LogP contribution < -0.4 is 5.32 Å². The van der Waals surface area contributed by atoms with E-state index in [1.54, 1.807) is 0 Å². The maximum absolute atomic E-state index is 4.21. The Morgan fingerprint density at radius 2 is 2.36 bits per heavy atom. The van der Waals surface area contributed by atoms with Gasteiger partial charge in [0.05, 0.1) is 5.69 Å². The monoisotopic (exact) mass is 214 g/mol. The third kappa shape index (κ3) is 2.99. The van der Waals surface area contributed by atoms with E-state index in [2.05, 4.69) is 33.2 Å². The van der Waals surface area contributed by atoms with Crippen molar-refractivity contribution in [2.75, 3.05) is 6.54 Å². The Bertz CT molecular complexity index is 208. The summed E-state index contributed by atoms with van der Waals surface area (Å²) in [5.41, 5.74) is 1.08. The molecule has 1 aromatic heterocycles. The number of nitrogens with one attached hydrogen (secondary N) is 1. The van der Waals surface area contributed by atoms with Crippen molar-refractivity contribution < 1.29 is 0 Å². The Morgan fingerprint density at radius 1 is 1.55 bits per heavy atom. The fraction of sp³-hybridized carbons (Fsp3) is 0.375. The minimum absolute atomic E-state index is 0.851. The van der Waals surface area contributed by atoms with Gasteiger partial charge in [0.1, 0.15) is 0 Å². The first-order valence-electron chi connectivity index (χ1n) is 3.64. The van der Waals surface area contributed by atoms with Crippen LogP contribution in [0.25, 0.3) is 0 Å². The molecular formula is C8H11BrN2. The molecule has 0 aliphatic heterocycles. The Balaban J connectivity index is 2.52. The van der Waals surface area contributed by atoms with Gasteiger partial charge in [-0.3, -0.25) is 4.98 Å². The molecule has 0 aromatic carbocycles. The van der Waals surface area contributed by atoms with Crippen molar-refractivity contribution in [1.29, 1.82) is 0 Å². The molecule has 0 aliphatic rings. The van der Waals surface area contributed by atoms with Gasteiger partial charge < -0.3 is 5.32 Å². The van der Waals surface area contributed by atoms with Crippen LogP contribution in [0.3, 0.4) is 0 Å². The molecule has 0 saturated carbocycles. The molecule has 0 saturated heterocycles. The van der Waals surface area contributed by atoms with E-state index >= 15 is 0 Å². The van der Waals surface area contributed by atoms with Crippen molar-refractivity contribution in [1.82, 2.24) is 10.3 Å². The second kappa shape index (κ2) is 4.46. The van der Waals surface area contributed by atoms with E-state index in [1.165, 1.54) is 0 Å². The average molecular weight is 215 g/mol. The molecule has 1 heterocycles. The molecule has 0 aliphatic carbocycles. The summed E-state index contributed by atoms with van der Waals surface area (Å²) < 4.78 is 1.03. The summed E-state index contributed by atoms with van der Waals surface area (Å²) in [6.07, 6.45) is 1.81. The van der Waals surface area contributed by atoms with Crippen molar-refractivity contribution >= 4 is 15.9 Å². The van der Waals surface area contributed by atoms with Crippen molar-refractivity contribution in [2.45, 2.75) is 13.5 Å². The summed E-state index contributed by atoms with van der Waals surface area (Å²) in [5, 5.41) is 3.21. The Morgan fingerprint density at radius 3 is 2.91 bits per heavy atom. The van der Waals surface area contributed by atoms with Crippen LogP contribution in [0.5, 0.6) is 0 Å². The summed E-state index contributed by atoms with van der Waals surface area (Å²) in [6.45, 7) is 3.92. The predicted molar refractivity (Wildman–Crippen MR) is 49.3 cm³/mol. The number of halogens is 1. The first kappa shape index (κ1) is 8.68. The lowest BCUT2D eigenvalue weighted by Crippen LogP contribution is -2.12. The van der Waals surface area contributed by atoms with E-state index in [-0.39, 0.29) is 0 Å². The molecule has 0 radical (unpaired) electrons. The highest BCUT2D eigenvalue weighted by Gasteiger charge is 1.91. The highest BCUT2D eigenvalue weighted by atomic mass is 79.9. The largest absolute Gasteiger partial charge is 0.311 e. The van der Waals surface area contributed by atoms with Crippen LogP contribution in [0.1, 0.15) is 12.6 Å². The van der Waals surface area contributed by atoms with Crippen LogP contribution >= 0.6 is 15.9 Å². The fourth-order valence-corrected chi connectivity index (χ4v) is 0.999. The normalized spacial score (nSPS) is 10.0. The number of hydrogen-bond donors (Lipinski definition) is 1. The summed E-state index contributed by atoms with van der Waals surface area (Å²) >= 11 is 3.33. The Hall–Kier alpha value is -0.410. The number of aromatic nitrogens is 1. The Kier molecular flexibility index (Phi) is 3.52. The quantitative estimate of drug-likeness (QED) is 0.833. The summed E-state index contributed by atoms with van der Waals surface area (Å²) in [4.78, 5) is 4.21. The summed E-state index contributed by atoms with van der Waals surface area (Å²) in [7, 11) is 0. The minimum atomic E-state index is 0.851. The third-order valence-electron chi connectivity index (χ3n) is 1.34. The van der Waals surface area contributed by atoms with E-state index in [0.29, 0.717) is 0 Å². The average Bonchev–Trinajstić information content (AvgIpc) is 2.04. The van der Waals surface area contributed by atoms with Crippen LogP contribution in [-0.4, -0.2) is 11.5 Å². The first-order chi connectivity index (χ1) is 5.33. The van der Waals surface area contributed by atoms with Crippen LogP contribution in [0.4, 0.5) is 0 Å². The van der Waals surface area contributed by atoms with E-state index in [9.17, 15) is 0 Å². The molecule has 0 spiro atoms. The van der Waals surface area contributed by atoms with Crippen molar-refractivity contribution in [3.8, 4) is 0 Å². The number of nitrogens with zero attached hydrogens (tertiary/aromatic N) is 1. The number of pyridine rings is 1. The molecule has 0 amide bonds. The van der Waals surface area contributed by atoms with Gasteiger partial charge in [-0.2, -0.15) is 0 Å². The molecule has 0 bridgehead atoms. The van der Waals surface area contributed by atoms with Gasteiger partial charge in [-0.05, 0) is 34.6 Å². The van der Waals surface area contributed by atoms with Gasteiger partial charge in [0.15, 0.2) is 0 Å². The van der Waals surface area contributed by atoms with Crippen molar-refractivity contribution in [2.24, 2.45) is 0 Å². The van der Waals surface area contributed by atoms with Gasteiger partial charge in [-0.25, -0.2) is 0 Å². The topological polar surface area (TPSA) is 24.9 Å². The molecule has 0 fully saturated rings. The van der Waals surface area contributed by atoms with Crippen molar-refractivity contribution in [3.05, 3.63) is 28.5 Å². The third-order valence-corrected chi connectivity index (χ3v) is 1.81. The van der Waals surface area contributed by atoms with E-state index < -0.39 is 0 Å². The minimum Gasteiger partial charge on any atom is -0.311 e. The molecule has 11 heavy (non-hydrogen) atoms. The van der Waals surface area contributed by atoms with E-state index in [4.69, 9.17) is 0 Å². The standard InChI is InChI=1S/C8H11BrN2/c1-2-10-6-8-4-3-7(9)5-11-8/h3-5,10H,2,6H2,1H3. The zero-order valence-corrected chi connectivity index (χ0v) is 8.06. The molecule has 0 atom stereocenters. The van der Waals surface area contributed by atoms with Gasteiger partial charge in [-0.15, -0.1) is 0 Å². The summed E-state index contributed by atoms with van der Waals surface area (Å²) in [5.74, 6) is 0. The maximum Gasteiger partial charge on any atom is 0.0542 e. The predicted octanol–water partition coefficient (Wildman–Crippen LogP) is 1.95. The van der Waals surface area contributed by atoms with Crippen LogP contribution in [0.2, 0.25) is 0 Å². The van der Waals surface area contributed by atoms with Gasteiger partial charge in [-0.1, -0.05) is 6.92 Å². The molecule has 1 aromatic rings. The second-order valence-corrected chi connectivity index (χ2v) is 3.16. The van der Waals surface area contributed by atoms with Crippen molar-refractivity contribution in [3.63, 3.8) is 0 Å². The van der Waals surface area contributed by atoms with Crippen LogP contribution in [0, 0.1) is 0 Å². The zero-order chi connectivity index (χ0) is 8.10. The van der Waals surface area contributed by atoms with Crippen LogP contribution in [0.15, 0.2) is 22.8 Å². The molecule has 1 N–H and O–H groups in total.